The van der Waals surface area contributed by atoms with Gasteiger partial charge >= 0.3 is 5.97 Å². The Hall–Kier alpha value is -2.37. The fraction of sp³-hybridized carbons (Fsp3) is 0.357. The zero-order valence-corrected chi connectivity index (χ0v) is 10.8. The number of hydrogen-bond donors (Lipinski definition) is 2. The second-order valence-electron chi connectivity index (χ2n) is 5.05. The predicted octanol–water partition coefficient (Wildman–Crippen LogP) is 0.552. The summed E-state index contributed by atoms with van der Waals surface area (Å²) in [7, 11) is 0. The zero-order chi connectivity index (χ0) is 14.3. The number of benzene rings is 1. The minimum Gasteiger partial charge on any atom is -0.478 e. The summed E-state index contributed by atoms with van der Waals surface area (Å²) in [5.41, 5.74) is 1.78. The van der Waals surface area contributed by atoms with E-state index in [1.54, 1.807) is 17.0 Å². The van der Waals surface area contributed by atoms with Crippen LogP contribution in [0.25, 0.3) is 0 Å². The summed E-state index contributed by atoms with van der Waals surface area (Å²) in [5.74, 6) is -1.28. The van der Waals surface area contributed by atoms with Crippen LogP contribution in [0, 0.1) is 0 Å². The number of anilines is 1. The van der Waals surface area contributed by atoms with E-state index < -0.39 is 12.0 Å². The van der Waals surface area contributed by atoms with Gasteiger partial charge in [-0.05, 0) is 30.5 Å². The Kier molecular flexibility index (Phi) is 2.93. The van der Waals surface area contributed by atoms with Crippen molar-refractivity contribution in [3.63, 3.8) is 0 Å². The Bertz CT molecular complexity index is 611. The molecular weight excluding hydrogens is 260 g/mol. The molecule has 0 aliphatic carbocycles. The average Bonchev–Trinajstić information content (AvgIpc) is 3.03. The molecule has 2 amide bonds. The van der Waals surface area contributed by atoms with Gasteiger partial charge in [-0.2, -0.15) is 0 Å². The Morgan fingerprint density at radius 2 is 2.10 bits per heavy atom. The molecule has 1 aromatic rings. The lowest BCUT2D eigenvalue weighted by molar-refractivity contribution is -0.124. The highest BCUT2D eigenvalue weighted by molar-refractivity contribution is 6.03. The lowest BCUT2D eigenvalue weighted by atomic mass is 10.1. The second-order valence-corrected chi connectivity index (χ2v) is 5.05. The first kappa shape index (κ1) is 12.7. The molecule has 1 aromatic carbocycles. The van der Waals surface area contributed by atoms with Gasteiger partial charge in [0.15, 0.2) is 0 Å². The maximum Gasteiger partial charge on any atom is 0.335 e. The Balaban J connectivity index is 1.88. The number of nitrogens with zero attached hydrogens (tertiary/aromatic N) is 1. The lowest BCUT2D eigenvalue weighted by Crippen LogP contribution is -2.43. The number of hydrogen-bond acceptors (Lipinski definition) is 3. The van der Waals surface area contributed by atoms with Gasteiger partial charge in [0, 0.05) is 18.7 Å². The summed E-state index contributed by atoms with van der Waals surface area (Å²) < 4.78 is 0. The first-order valence-electron chi connectivity index (χ1n) is 6.53. The highest BCUT2D eigenvalue weighted by Crippen LogP contribution is 2.30. The molecule has 6 nitrogen and oxygen atoms in total. The molecule has 2 aliphatic heterocycles. The van der Waals surface area contributed by atoms with Crippen LogP contribution in [-0.4, -0.2) is 35.5 Å². The van der Waals surface area contributed by atoms with Crippen molar-refractivity contribution < 1.29 is 19.5 Å². The molecule has 2 aliphatic rings. The molecule has 0 bridgehead atoms. The molecule has 1 saturated heterocycles. The molecule has 104 valence electrons. The van der Waals surface area contributed by atoms with Gasteiger partial charge in [0.25, 0.3) is 0 Å². The molecule has 3 rings (SSSR count). The standard InChI is InChI=1S/C14H14N2O4/c17-12-4-3-10(15-12)13(18)16-6-5-8-1-2-9(14(19)20)7-11(8)16/h1-2,7,10H,3-6H2,(H,15,17)(H,19,20)/t10-/m0/s1. The minimum absolute atomic E-state index is 0.109. The van der Waals surface area contributed by atoms with Gasteiger partial charge in [-0.3, -0.25) is 9.59 Å². The van der Waals surface area contributed by atoms with Crippen molar-refractivity contribution in [2.24, 2.45) is 0 Å². The number of aromatic carboxylic acids is 1. The van der Waals surface area contributed by atoms with E-state index in [0.29, 0.717) is 31.5 Å². The minimum atomic E-state index is -1.01. The molecular formula is C14H14N2O4. The highest BCUT2D eigenvalue weighted by atomic mass is 16.4. The van der Waals surface area contributed by atoms with Gasteiger partial charge in [-0.15, -0.1) is 0 Å². The molecule has 1 fully saturated rings. The SMILES string of the molecule is O=C1CC[C@@H](C(=O)N2CCc3ccc(C(=O)O)cc32)N1. The molecule has 0 aromatic heterocycles. The fourth-order valence-corrected chi connectivity index (χ4v) is 2.73. The van der Waals surface area contributed by atoms with Gasteiger partial charge in [0.05, 0.1) is 5.56 Å². The average molecular weight is 274 g/mol. The Labute approximate surface area is 115 Å². The number of carboxylic acid groups (broad SMARTS) is 1. The molecule has 0 unspecified atom stereocenters. The van der Waals surface area contributed by atoms with E-state index in [0.717, 1.165) is 5.56 Å². The van der Waals surface area contributed by atoms with Gasteiger partial charge in [-0.1, -0.05) is 6.07 Å². The predicted molar refractivity (Wildman–Crippen MR) is 70.6 cm³/mol. The number of amides is 2. The Morgan fingerprint density at radius 1 is 1.30 bits per heavy atom. The normalized spacial score (nSPS) is 20.7. The Morgan fingerprint density at radius 3 is 2.75 bits per heavy atom. The number of nitrogens with one attached hydrogen (secondary N) is 1. The fourth-order valence-electron chi connectivity index (χ4n) is 2.73. The van der Waals surface area contributed by atoms with E-state index in [-0.39, 0.29) is 17.4 Å². The lowest BCUT2D eigenvalue weighted by Gasteiger charge is -2.21. The number of carbonyl (C=O) groups excluding carboxylic acids is 2. The van der Waals surface area contributed by atoms with Crippen molar-refractivity contribution in [1.82, 2.24) is 5.32 Å². The maximum absolute atomic E-state index is 12.4. The van der Waals surface area contributed by atoms with Crippen LogP contribution in [0.15, 0.2) is 18.2 Å². The van der Waals surface area contributed by atoms with E-state index in [9.17, 15) is 14.4 Å². The zero-order valence-electron chi connectivity index (χ0n) is 10.8. The van der Waals surface area contributed by atoms with Crippen LogP contribution in [0.5, 0.6) is 0 Å². The summed E-state index contributed by atoms with van der Waals surface area (Å²) in [6.45, 7) is 0.531. The van der Waals surface area contributed by atoms with Crippen molar-refractivity contribution in [3.05, 3.63) is 29.3 Å². The third-order valence-corrected chi connectivity index (χ3v) is 3.79. The van der Waals surface area contributed by atoms with E-state index in [2.05, 4.69) is 5.32 Å². The number of carbonyl (C=O) groups is 3. The van der Waals surface area contributed by atoms with Gasteiger partial charge in [0.1, 0.15) is 6.04 Å². The van der Waals surface area contributed by atoms with Crippen molar-refractivity contribution in [2.75, 3.05) is 11.4 Å². The first-order valence-corrected chi connectivity index (χ1v) is 6.53. The van der Waals surface area contributed by atoms with Crippen LogP contribution in [0.2, 0.25) is 0 Å². The van der Waals surface area contributed by atoms with Crippen LogP contribution < -0.4 is 10.2 Å². The molecule has 0 saturated carbocycles. The summed E-state index contributed by atoms with van der Waals surface area (Å²) in [6.07, 6.45) is 1.58. The van der Waals surface area contributed by atoms with E-state index in [1.165, 1.54) is 6.07 Å². The summed E-state index contributed by atoms with van der Waals surface area (Å²) in [6, 6.07) is 4.34. The second kappa shape index (κ2) is 4.63. The highest BCUT2D eigenvalue weighted by Gasteiger charge is 2.34. The van der Waals surface area contributed by atoms with Gasteiger partial charge < -0.3 is 15.3 Å². The molecule has 1 atom stereocenters. The van der Waals surface area contributed by atoms with Crippen molar-refractivity contribution in [1.29, 1.82) is 0 Å². The summed E-state index contributed by atoms with van der Waals surface area (Å²) in [5, 5.41) is 11.7. The van der Waals surface area contributed by atoms with Crippen molar-refractivity contribution >= 4 is 23.5 Å². The first-order chi connectivity index (χ1) is 9.56. The summed E-state index contributed by atoms with van der Waals surface area (Å²) in [4.78, 5) is 36.2. The van der Waals surface area contributed by atoms with E-state index in [1.807, 2.05) is 0 Å². The number of rotatable bonds is 2. The monoisotopic (exact) mass is 274 g/mol. The smallest absolute Gasteiger partial charge is 0.335 e. The maximum atomic E-state index is 12.4. The number of fused-ring (bicyclic) bond motifs is 1. The van der Waals surface area contributed by atoms with Crippen LogP contribution in [0.1, 0.15) is 28.8 Å². The number of carboxylic acids is 1. The van der Waals surface area contributed by atoms with Crippen LogP contribution >= 0.6 is 0 Å². The third-order valence-electron chi connectivity index (χ3n) is 3.79. The van der Waals surface area contributed by atoms with Crippen molar-refractivity contribution in [3.8, 4) is 0 Å². The summed E-state index contributed by atoms with van der Waals surface area (Å²) >= 11 is 0. The van der Waals surface area contributed by atoms with Crippen LogP contribution in [0.3, 0.4) is 0 Å². The van der Waals surface area contributed by atoms with Crippen LogP contribution in [-0.2, 0) is 16.0 Å². The molecule has 2 N–H and O–H groups in total. The van der Waals surface area contributed by atoms with Gasteiger partial charge in [-0.25, -0.2) is 4.79 Å². The topological polar surface area (TPSA) is 86.7 Å². The molecule has 0 radical (unpaired) electrons. The van der Waals surface area contributed by atoms with Crippen molar-refractivity contribution in [2.45, 2.75) is 25.3 Å². The largest absolute Gasteiger partial charge is 0.478 e. The molecule has 0 spiro atoms. The molecule has 2 heterocycles. The third kappa shape index (κ3) is 2.03. The quantitative estimate of drug-likeness (QED) is 0.824. The molecule has 6 heteroatoms. The molecule has 20 heavy (non-hydrogen) atoms. The van der Waals surface area contributed by atoms with E-state index in [4.69, 9.17) is 5.11 Å². The van der Waals surface area contributed by atoms with Crippen LogP contribution in [0.4, 0.5) is 5.69 Å². The van der Waals surface area contributed by atoms with Gasteiger partial charge in [0.2, 0.25) is 11.8 Å². The van der Waals surface area contributed by atoms with E-state index >= 15 is 0 Å².